The Hall–Kier alpha value is -0.650. The van der Waals surface area contributed by atoms with Crippen molar-refractivity contribution in [3.63, 3.8) is 0 Å². The molecule has 47 heavy (non-hydrogen) atoms. The summed E-state index contributed by atoms with van der Waals surface area (Å²) in [5.41, 5.74) is 6.40. The Labute approximate surface area is 284 Å². The number of quaternary nitrogens is 1. The number of piperidine rings is 1. The second-order valence-corrected chi connectivity index (χ2v) is 16.7. The van der Waals surface area contributed by atoms with Crippen LogP contribution in [0.1, 0.15) is 128 Å². The summed E-state index contributed by atoms with van der Waals surface area (Å²) in [4.78, 5) is 14.9. The first-order valence-corrected chi connectivity index (χ1v) is 19.6. The van der Waals surface area contributed by atoms with Gasteiger partial charge in [-0.05, 0) is 106 Å². The average Bonchev–Trinajstić information content (AvgIpc) is 3.48. The van der Waals surface area contributed by atoms with Crippen LogP contribution in [0.4, 0.5) is 0 Å². The molecule has 9 heteroatoms. The molecule has 0 bridgehead atoms. The molecule has 1 heterocycles. The number of ketones is 1. The zero-order valence-electron chi connectivity index (χ0n) is 29.5. The Kier molecular flexibility index (Phi) is 14.0. The molecule has 0 radical (unpaired) electrons. The zero-order chi connectivity index (χ0) is 33.6. The second-order valence-electron chi connectivity index (χ2n) is 16.7. The van der Waals surface area contributed by atoms with Gasteiger partial charge in [0.25, 0.3) is 0 Å². The quantitative estimate of drug-likeness (QED) is 0.165. The minimum absolute atomic E-state index is 0.0372. The van der Waals surface area contributed by atoms with Crippen LogP contribution in [0.5, 0.6) is 0 Å². The van der Waals surface area contributed by atoms with Gasteiger partial charge in [-0.3, -0.25) is 10.5 Å². The molecule has 5 rings (SSSR count). The Morgan fingerprint density at radius 2 is 1.57 bits per heavy atom. The highest BCUT2D eigenvalue weighted by molar-refractivity contribution is 5.82. The number of aliphatic hydroxyl groups is 4. The predicted molar refractivity (Wildman–Crippen MR) is 181 cm³/mol. The van der Waals surface area contributed by atoms with Gasteiger partial charge in [0.1, 0.15) is 18.1 Å². The largest absolute Gasteiger partial charge is 0.392 e. The van der Waals surface area contributed by atoms with E-state index in [0.29, 0.717) is 55.8 Å². The molecular formula is C38H69N2O7+. The van der Waals surface area contributed by atoms with Gasteiger partial charge in [0.05, 0.1) is 37.1 Å². The first-order chi connectivity index (χ1) is 22.7. The molecule has 0 amide bonds. The van der Waals surface area contributed by atoms with Crippen LogP contribution in [0.15, 0.2) is 0 Å². The van der Waals surface area contributed by atoms with Crippen LogP contribution < -0.4 is 11.1 Å². The van der Waals surface area contributed by atoms with Gasteiger partial charge >= 0.3 is 0 Å². The van der Waals surface area contributed by atoms with Crippen molar-refractivity contribution in [3.05, 3.63) is 0 Å². The fourth-order valence-electron chi connectivity index (χ4n) is 11.5. The zero-order valence-corrected chi connectivity index (χ0v) is 29.5. The Morgan fingerprint density at radius 3 is 2.30 bits per heavy atom. The maximum absolute atomic E-state index is 14.9. The van der Waals surface area contributed by atoms with Gasteiger partial charge in [-0.25, -0.2) is 0 Å². The van der Waals surface area contributed by atoms with Gasteiger partial charge in [-0.15, -0.1) is 0 Å². The van der Waals surface area contributed by atoms with Crippen LogP contribution in [0.3, 0.4) is 0 Å². The summed E-state index contributed by atoms with van der Waals surface area (Å²) in [6.45, 7) is 0.976. The Balaban J connectivity index is 1.40. The number of hydrogen-bond acceptors (Lipinski definition) is 8. The molecule has 1 aliphatic heterocycles. The lowest BCUT2D eigenvalue weighted by molar-refractivity contribution is -0.700. The summed E-state index contributed by atoms with van der Waals surface area (Å²) < 4.78 is 11.1. The van der Waals surface area contributed by atoms with Crippen molar-refractivity contribution in [2.45, 2.75) is 171 Å². The lowest BCUT2D eigenvalue weighted by Gasteiger charge is -2.51. The van der Waals surface area contributed by atoms with E-state index in [0.717, 1.165) is 64.3 Å². The van der Waals surface area contributed by atoms with E-state index >= 15 is 0 Å². The van der Waals surface area contributed by atoms with E-state index in [1.165, 1.54) is 38.5 Å². The fraction of sp³-hybridized carbons (Fsp3) is 0.974. The highest BCUT2D eigenvalue weighted by Crippen LogP contribution is 2.60. The molecule has 0 aromatic heterocycles. The van der Waals surface area contributed by atoms with Gasteiger partial charge in [0.2, 0.25) is 0 Å². The van der Waals surface area contributed by atoms with Crippen LogP contribution in [0.25, 0.3) is 0 Å². The molecule has 5 aliphatic rings. The first-order valence-electron chi connectivity index (χ1n) is 19.6. The number of Topliss-reactive ketones (excluding diaryl/α,β-unsaturated/α-hetero) is 1. The van der Waals surface area contributed by atoms with Crippen molar-refractivity contribution < 1.29 is 40.0 Å². The topological polar surface area (TPSA) is 159 Å². The minimum Gasteiger partial charge on any atom is -0.392 e. The van der Waals surface area contributed by atoms with Gasteiger partial charge in [-0.2, -0.15) is 0 Å². The predicted octanol–water partition coefficient (Wildman–Crippen LogP) is 3.43. The third-order valence-electron chi connectivity index (χ3n) is 13.9. The molecule has 4 aliphatic carbocycles. The molecule has 0 aromatic rings. The van der Waals surface area contributed by atoms with Crippen LogP contribution in [0.2, 0.25) is 0 Å². The van der Waals surface area contributed by atoms with E-state index in [1.807, 2.05) is 0 Å². The van der Waals surface area contributed by atoms with E-state index in [4.69, 9.17) is 15.2 Å². The van der Waals surface area contributed by atoms with Crippen LogP contribution in [-0.4, -0.2) is 89.8 Å². The van der Waals surface area contributed by atoms with Gasteiger partial charge in [-0.1, -0.05) is 38.5 Å². The molecule has 8 N–H and O–H groups in total. The molecule has 1 saturated heterocycles. The first kappa shape index (κ1) is 37.6. The molecule has 272 valence electrons. The van der Waals surface area contributed by atoms with Gasteiger partial charge in [0, 0.05) is 39.4 Å². The SMILES string of the molecule is COC1CC(CCC(O)C(C(=O)CCC2CC(O)C(O)C(OC)C2)C2(C3CC[NH2+]C(N)C3)CCCC2CC2CCCCC2)CCC1O. The third kappa shape index (κ3) is 8.99. The third-order valence-corrected chi connectivity index (χ3v) is 13.9. The number of nitrogens with two attached hydrogens (primary N) is 2. The minimum atomic E-state index is -0.894. The average molecular weight is 666 g/mol. The van der Waals surface area contributed by atoms with Crippen LogP contribution in [0, 0.1) is 40.9 Å². The normalized spacial score (nSPS) is 41.9. The molecule has 4 saturated carbocycles. The highest BCUT2D eigenvalue weighted by Gasteiger charge is 2.58. The maximum atomic E-state index is 14.9. The monoisotopic (exact) mass is 666 g/mol. The second kappa shape index (κ2) is 17.5. The van der Waals surface area contributed by atoms with E-state index in [9.17, 15) is 25.2 Å². The number of rotatable bonds is 14. The molecule has 0 aromatic carbocycles. The number of methoxy groups -OCH3 is 2. The summed E-state index contributed by atoms with van der Waals surface area (Å²) in [6, 6.07) is 0. The van der Waals surface area contributed by atoms with Crippen molar-refractivity contribution in [1.82, 2.24) is 0 Å². The Bertz CT molecular complexity index is 964. The lowest BCUT2D eigenvalue weighted by atomic mass is 9.53. The summed E-state index contributed by atoms with van der Waals surface area (Å²) in [6.07, 6.45) is 15.4. The van der Waals surface area contributed by atoms with Crippen molar-refractivity contribution in [1.29, 1.82) is 0 Å². The number of aliphatic hydroxyl groups excluding tert-OH is 4. The van der Waals surface area contributed by atoms with Gasteiger partial charge < -0.3 is 35.2 Å². The van der Waals surface area contributed by atoms with Crippen molar-refractivity contribution >= 4 is 5.78 Å². The van der Waals surface area contributed by atoms with Crippen LogP contribution >= 0.6 is 0 Å². The van der Waals surface area contributed by atoms with Gasteiger partial charge in [0.15, 0.2) is 0 Å². The summed E-state index contributed by atoms with van der Waals surface area (Å²) in [5, 5.41) is 46.0. The number of hydrogen-bond donors (Lipinski definition) is 6. The number of ether oxygens (including phenoxy) is 2. The molecule has 9 nitrogen and oxygen atoms in total. The summed E-state index contributed by atoms with van der Waals surface area (Å²) in [7, 11) is 3.24. The standard InChI is InChI=1S/C38H68N2O7/c1-46-33-21-25(10-13-29(33)41)11-14-30(42)36(31(43)15-12-26-20-32(44)37(45)34(22-26)47-2)38(28-16-18-40-35(39)23-28)17-6-9-27(38)19-24-7-4-3-5-8-24/h24-30,32-37,40-42,44-45H,3-23,39H2,1-2H3/p+1. The lowest BCUT2D eigenvalue weighted by Crippen LogP contribution is -2.95. The highest BCUT2D eigenvalue weighted by atomic mass is 16.5. The number of carbonyl (C=O) groups excluding carboxylic acids is 1. The molecule has 13 atom stereocenters. The van der Waals surface area contributed by atoms with E-state index < -0.39 is 36.4 Å². The van der Waals surface area contributed by atoms with Crippen LogP contribution in [-0.2, 0) is 14.3 Å². The summed E-state index contributed by atoms with van der Waals surface area (Å²) >= 11 is 0. The maximum Gasteiger partial charge on any atom is 0.139 e. The Morgan fingerprint density at radius 1 is 0.830 bits per heavy atom. The molecule has 13 unspecified atom stereocenters. The molecule has 0 spiro atoms. The van der Waals surface area contributed by atoms with Crippen molar-refractivity contribution in [2.75, 3.05) is 20.8 Å². The van der Waals surface area contributed by atoms with Crippen molar-refractivity contribution in [3.8, 4) is 0 Å². The van der Waals surface area contributed by atoms with E-state index in [2.05, 4.69) is 5.32 Å². The number of carbonyl (C=O) groups is 1. The molecular weight excluding hydrogens is 596 g/mol. The molecule has 5 fully saturated rings. The van der Waals surface area contributed by atoms with Crippen molar-refractivity contribution in [2.24, 2.45) is 46.7 Å². The smallest absolute Gasteiger partial charge is 0.139 e. The van der Waals surface area contributed by atoms with E-state index in [1.54, 1.807) is 14.2 Å². The fourth-order valence-corrected chi connectivity index (χ4v) is 11.5. The van der Waals surface area contributed by atoms with E-state index in [-0.39, 0.29) is 29.4 Å². The summed E-state index contributed by atoms with van der Waals surface area (Å²) in [5.74, 6) is 1.70.